The predicted molar refractivity (Wildman–Crippen MR) is 95.3 cm³/mol. The molecule has 2 rings (SSSR count). The maximum atomic E-state index is 13.8. The van der Waals surface area contributed by atoms with Gasteiger partial charge in [0.05, 0.1) is 0 Å². The highest BCUT2D eigenvalue weighted by molar-refractivity contribution is 7.99. The van der Waals surface area contributed by atoms with Gasteiger partial charge in [-0.05, 0) is 42.8 Å². The molecule has 0 heterocycles. The van der Waals surface area contributed by atoms with E-state index in [4.69, 9.17) is 0 Å². The van der Waals surface area contributed by atoms with Gasteiger partial charge < -0.3 is 0 Å². The van der Waals surface area contributed by atoms with Gasteiger partial charge in [0.1, 0.15) is 17.2 Å². The average Bonchev–Trinajstić information content (AvgIpc) is 2.59. The molecule has 0 N–H and O–H groups in total. The first-order valence-corrected chi connectivity index (χ1v) is 8.56. The minimum atomic E-state index is -2.57. The molecule has 0 aliphatic heterocycles. The normalized spacial score (nSPS) is 10.8. The lowest BCUT2D eigenvalue weighted by molar-refractivity contribution is 0.0827. The fourth-order valence-corrected chi connectivity index (χ4v) is 3.06. The molecule has 27 heavy (non-hydrogen) atoms. The van der Waals surface area contributed by atoms with Crippen molar-refractivity contribution < 1.29 is 27.2 Å². The van der Waals surface area contributed by atoms with Crippen LogP contribution in [0.3, 0.4) is 0 Å². The molecule has 0 atom stereocenters. The van der Waals surface area contributed by atoms with Crippen LogP contribution in [0.25, 0.3) is 0 Å². The fourth-order valence-electron chi connectivity index (χ4n) is 2.47. The lowest BCUT2D eigenvalue weighted by Crippen LogP contribution is -2.43. The van der Waals surface area contributed by atoms with Crippen LogP contribution in [0.4, 0.5) is 28.0 Å². The van der Waals surface area contributed by atoms with Crippen molar-refractivity contribution in [2.24, 2.45) is 0 Å². The monoisotopic (exact) mass is 400 g/mol. The van der Waals surface area contributed by atoms with Gasteiger partial charge in [-0.1, -0.05) is 17.8 Å². The Hall–Kier alpha value is -2.55. The number of hydrogen-bond acceptors (Lipinski definition) is 3. The van der Waals surface area contributed by atoms with Crippen molar-refractivity contribution in [2.75, 3.05) is 19.0 Å². The Balaban J connectivity index is 2.25. The molecule has 0 aliphatic carbocycles. The quantitative estimate of drug-likeness (QED) is 0.541. The molecular weight excluding hydrogens is 384 g/mol. The maximum Gasteiger partial charge on any atom is 0.330 e. The number of urea groups is 1. The number of benzene rings is 2. The summed E-state index contributed by atoms with van der Waals surface area (Å²) in [5.74, 6) is -5.86. The topological polar surface area (TPSA) is 40.6 Å². The molecule has 0 aromatic heterocycles. The number of nitrogens with zero attached hydrogens (tertiary/aromatic N) is 2. The number of thioether (sulfide) groups is 1. The van der Waals surface area contributed by atoms with Crippen LogP contribution >= 0.6 is 11.8 Å². The number of aryl methyl sites for hydroxylation is 1. The van der Waals surface area contributed by atoms with E-state index in [-0.39, 0.29) is 0 Å². The van der Waals surface area contributed by atoms with E-state index in [0.29, 0.717) is 32.8 Å². The summed E-state index contributed by atoms with van der Waals surface area (Å²) >= 11 is 0.368. The van der Waals surface area contributed by atoms with Gasteiger partial charge in [-0.25, -0.2) is 13.6 Å². The zero-order chi connectivity index (χ0) is 20.3. The Morgan fingerprint density at radius 1 is 1.04 bits per heavy atom. The van der Waals surface area contributed by atoms with Gasteiger partial charge >= 0.3 is 6.03 Å². The third-order valence-corrected chi connectivity index (χ3v) is 4.51. The molecular formula is C18H16F4N2O2S. The van der Waals surface area contributed by atoms with Gasteiger partial charge in [-0.15, -0.1) is 0 Å². The molecule has 144 valence electrons. The van der Waals surface area contributed by atoms with E-state index in [0.717, 1.165) is 30.1 Å². The second kappa shape index (κ2) is 8.43. The lowest BCUT2D eigenvalue weighted by Gasteiger charge is -2.25. The van der Waals surface area contributed by atoms with Crippen molar-refractivity contribution in [2.45, 2.75) is 17.6 Å². The van der Waals surface area contributed by atoms with Crippen molar-refractivity contribution in [1.82, 2.24) is 4.90 Å². The number of carbonyl (C=O) groups is 2. The summed E-state index contributed by atoms with van der Waals surface area (Å²) in [6.07, 6.45) is 0. The molecule has 0 saturated heterocycles. The highest BCUT2D eigenvalue weighted by Crippen LogP contribution is 2.30. The molecule has 4 nitrogen and oxygen atoms in total. The molecule has 3 amide bonds. The van der Waals surface area contributed by atoms with Gasteiger partial charge in [0.2, 0.25) is 0 Å². The highest BCUT2D eigenvalue weighted by Gasteiger charge is 2.27. The standard InChI is InChI=1S/C18H16F4N2O2S/c1-10-9-11(27-17(21)22)7-8-14(10)23(2)18(26)24(3)16(25)15-12(19)5-4-6-13(15)20/h4-9,17H,1-3H3. The van der Waals surface area contributed by atoms with Gasteiger partial charge in [0, 0.05) is 24.7 Å². The van der Waals surface area contributed by atoms with E-state index >= 15 is 0 Å². The Morgan fingerprint density at radius 3 is 2.15 bits per heavy atom. The van der Waals surface area contributed by atoms with Crippen molar-refractivity contribution in [1.29, 1.82) is 0 Å². The van der Waals surface area contributed by atoms with Crippen LogP contribution < -0.4 is 4.90 Å². The van der Waals surface area contributed by atoms with E-state index in [1.165, 1.54) is 25.2 Å². The van der Waals surface area contributed by atoms with E-state index in [2.05, 4.69) is 0 Å². The number of rotatable bonds is 4. The Kier molecular flexibility index (Phi) is 6.48. The van der Waals surface area contributed by atoms with E-state index < -0.39 is 34.9 Å². The summed E-state index contributed by atoms with van der Waals surface area (Å²) in [6, 6.07) is 6.47. The first kappa shape index (κ1) is 20.8. The van der Waals surface area contributed by atoms with Gasteiger partial charge in [0.15, 0.2) is 0 Å². The molecule has 0 saturated carbocycles. The smallest absolute Gasteiger partial charge is 0.297 e. The molecule has 2 aromatic carbocycles. The van der Waals surface area contributed by atoms with Crippen LogP contribution in [-0.4, -0.2) is 36.7 Å². The lowest BCUT2D eigenvalue weighted by atomic mass is 10.1. The summed E-state index contributed by atoms with van der Waals surface area (Å²) in [5.41, 5.74) is 0.0591. The number of carbonyl (C=O) groups excluding carboxylic acids is 2. The first-order valence-electron chi connectivity index (χ1n) is 7.68. The first-order chi connectivity index (χ1) is 12.6. The summed E-state index contributed by atoms with van der Waals surface area (Å²) in [5, 5.41) is 0. The molecule has 9 heteroatoms. The Labute approximate surface area is 157 Å². The minimum Gasteiger partial charge on any atom is -0.297 e. The average molecular weight is 400 g/mol. The van der Waals surface area contributed by atoms with Crippen LogP contribution in [0.1, 0.15) is 15.9 Å². The zero-order valence-corrected chi connectivity index (χ0v) is 15.5. The van der Waals surface area contributed by atoms with Crippen molar-refractivity contribution in [3.8, 4) is 0 Å². The molecule has 2 aromatic rings. The molecule has 0 aliphatic rings. The molecule has 0 fully saturated rings. The number of hydrogen-bond donors (Lipinski definition) is 0. The predicted octanol–water partition coefficient (Wildman–Crippen LogP) is 4.92. The van der Waals surface area contributed by atoms with Crippen LogP contribution in [0.2, 0.25) is 0 Å². The van der Waals surface area contributed by atoms with Crippen LogP contribution in [0.5, 0.6) is 0 Å². The number of alkyl halides is 2. The number of amides is 3. The van der Waals surface area contributed by atoms with Crippen LogP contribution in [-0.2, 0) is 0 Å². The van der Waals surface area contributed by atoms with E-state index in [1.807, 2.05) is 0 Å². The number of imide groups is 1. The van der Waals surface area contributed by atoms with Crippen molar-refractivity contribution in [3.05, 3.63) is 59.2 Å². The largest absolute Gasteiger partial charge is 0.330 e. The third kappa shape index (κ3) is 4.60. The van der Waals surface area contributed by atoms with E-state index in [1.54, 1.807) is 6.92 Å². The molecule has 0 bridgehead atoms. The molecule has 0 spiro atoms. The minimum absolute atomic E-state index is 0.324. The second-order valence-electron chi connectivity index (χ2n) is 5.63. The Bertz CT molecular complexity index is 856. The summed E-state index contributed by atoms with van der Waals surface area (Å²) in [4.78, 5) is 26.9. The Morgan fingerprint density at radius 2 is 1.63 bits per heavy atom. The molecule has 0 unspecified atom stereocenters. The number of halogens is 4. The highest BCUT2D eigenvalue weighted by atomic mass is 32.2. The second-order valence-corrected chi connectivity index (χ2v) is 6.69. The van der Waals surface area contributed by atoms with Crippen molar-refractivity contribution in [3.63, 3.8) is 0 Å². The van der Waals surface area contributed by atoms with Gasteiger partial charge in [0.25, 0.3) is 11.7 Å². The maximum absolute atomic E-state index is 13.8. The SMILES string of the molecule is Cc1cc(SC(F)F)ccc1N(C)C(=O)N(C)C(=O)c1c(F)cccc1F. The third-order valence-electron chi connectivity index (χ3n) is 3.81. The molecule has 0 radical (unpaired) electrons. The van der Waals surface area contributed by atoms with Crippen LogP contribution in [0, 0.1) is 18.6 Å². The van der Waals surface area contributed by atoms with E-state index in [9.17, 15) is 27.2 Å². The van der Waals surface area contributed by atoms with Gasteiger partial charge in [-0.3, -0.25) is 14.6 Å². The number of anilines is 1. The summed E-state index contributed by atoms with van der Waals surface area (Å²) in [6.45, 7) is 1.62. The van der Waals surface area contributed by atoms with Crippen LogP contribution in [0.15, 0.2) is 41.3 Å². The zero-order valence-electron chi connectivity index (χ0n) is 14.7. The summed E-state index contributed by atoms with van der Waals surface area (Å²) in [7, 11) is 2.47. The summed E-state index contributed by atoms with van der Waals surface area (Å²) < 4.78 is 52.5. The van der Waals surface area contributed by atoms with Gasteiger partial charge in [-0.2, -0.15) is 8.78 Å². The fraction of sp³-hybridized carbons (Fsp3) is 0.222. The van der Waals surface area contributed by atoms with Crippen molar-refractivity contribution >= 4 is 29.4 Å².